The van der Waals surface area contributed by atoms with Crippen molar-refractivity contribution in [2.75, 3.05) is 0 Å². The number of hydrogen-bond acceptors (Lipinski definition) is 4. The largest absolute Gasteiger partial charge is 0.391 e. The summed E-state index contributed by atoms with van der Waals surface area (Å²) in [5.74, 6) is 2.07. The monoisotopic (exact) mass is 252 g/mol. The van der Waals surface area contributed by atoms with Crippen LogP contribution in [0.5, 0.6) is 0 Å². The van der Waals surface area contributed by atoms with Gasteiger partial charge in [-0.2, -0.15) is 5.10 Å². The van der Waals surface area contributed by atoms with Gasteiger partial charge in [-0.05, 0) is 33.6 Å². The first-order valence-corrected chi connectivity index (χ1v) is 6.73. The van der Waals surface area contributed by atoms with E-state index in [9.17, 15) is 5.11 Å². The van der Waals surface area contributed by atoms with Crippen molar-refractivity contribution in [3.8, 4) is 0 Å². The Morgan fingerprint density at radius 2 is 2.06 bits per heavy atom. The first-order valence-electron chi connectivity index (χ1n) is 6.73. The van der Waals surface area contributed by atoms with Crippen molar-refractivity contribution in [3.05, 3.63) is 11.6 Å². The Bertz CT molecular complexity index is 411. The van der Waals surface area contributed by atoms with E-state index in [4.69, 9.17) is 5.73 Å². The van der Waals surface area contributed by atoms with Gasteiger partial charge in [0.2, 0.25) is 0 Å². The molecule has 5 heteroatoms. The molecule has 0 aromatic carbocycles. The predicted octanol–water partition coefficient (Wildman–Crippen LogP) is 1.16. The Balaban J connectivity index is 2.35. The third-order valence-electron chi connectivity index (χ3n) is 3.57. The van der Waals surface area contributed by atoms with Crippen LogP contribution >= 0.6 is 0 Å². The summed E-state index contributed by atoms with van der Waals surface area (Å²) in [6, 6.07) is -0.134. The lowest BCUT2D eigenvalue weighted by Crippen LogP contribution is -2.28. The smallest absolute Gasteiger partial charge is 0.150 e. The summed E-state index contributed by atoms with van der Waals surface area (Å²) in [6.45, 7) is 8.42. The molecule has 5 nitrogen and oxygen atoms in total. The first-order chi connectivity index (χ1) is 8.32. The van der Waals surface area contributed by atoms with Gasteiger partial charge in [0.15, 0.2) is 5.82 Å². The maximum absolute atomic E-state index is 9.80. The number of aliphatic hydroxyl groups excluding tert-OH is 1. The Morgan fingerprint density at radius 1 is 1.39 bits per heavy atom. The third-order valence-corrected chi connectivity index (χ3v) is 3.57. The molecule has 2 rings (SSSR count). The molecule has 1 aliphatic rings. The minimum Gasteiger partial charge on any atom is -0.391 e. The van der Waals surface area contributed by atoms with Crippen LogP contribution in [0.1, 0.15) is 58.1 Å². The van der Waals surface area contributed by atoms with Gasteiger partial charge in [0.1, 0.15) is 5.82 Å². The van der Waals surface area contributed by atoms with Crippen LogP contribution in [0, 0.1) is 0 Å². The number of aliphatic hydroxyl groups is 1. The average molecular weight is 252 g/mol. The highest BCUT2D eigenvalue weighted by atomic mass is 16.3. The number of nitrogens with zero attached hydrogens (tertiary/aromatic N) is 3. The van der Waals surface area contributed by atoms with Gasteiger partial charge in [0.05, 0.1) is 11.6 Å². The molecule has 0 radical (unpaired) electrons. The standard InChI is InChI=1S/C13H24N4O/c1-5-11-15-12(17(16-11)13(2,3)4)8-6-9(14)10(18)7-8/h8-10,18H,5-7,14H2,1-4H3/t8-,9+,10+/m0/s1. The van der Waals surface area contributed by atoms with Gasteiger partial charge in [-0.3, -0.25) is 0 Å². The van der Waals surface area contributed by atoms with Gasteiger partial charge in [-0.25, -0.2) is 9.67 Å². The highest BCUT2D eigenvalue weighted by Crippen LogP contribution is 2.34. The van der Waals surface area contributed by atoms with Crippen molar-refractivity contribution in [1.29, 1.82) is 0 Å². The Labute approximate surface area is 108 Å². The van der Waals surface area contributed by atoms with Crippen molar-refractivity contribution in [3.63, 3.8) is 0 Å². The minimum atomic E-state index is -0.412. The maximum Gasteiger partial charge on any atom is 0.150 e. The van der Waals surface area contributed by atoms with Gasteiger partial charge in [0.25, 0.3) is 0 Å². The van der Waals surface area contributed by atoms with Crippen LogP contribution in [0.3, 0.4) is 0 Å². The van der Waals surface area contributed by atoms with E-state index in [1.165, 1.54) is 0 Å². The number of aromatic nitrogens is 3. The predicted molar refractivity (Wildman–Crippen MR) is 70.4 cm³/mol. The van der Waals surface area contributed by atoms with E-state index in [0.717, 1.165) is 24.5 Å². The second kappa shape index (κ2) is 4.63. The SMILES string of the molecule is CCc1nc([C@H]2C[C@@H](N)[C@H](O)C2)n(C(C)(C)C)n1. The van der Waals surface area contributed by atoms with Crippen LogP contribution < -0.4 is 5.73 Å². The molecule has 18 heavy (non-hydrogen) atoms. The molecule has 1 aromatic rings. The van der Waals surface area contributed by atoms with E-state index in [-0.39, 0.29) is 17.5 Å². The zero-order chi connectivity index (χ0) is 13.5. The third kappa shape index (κ3) is 2.42. The topological polar surface area (TPSA) is 77.0 Å². The zero-order valence-electron chi connectivity index (χ0n) is 11.7. The van der Waals surface area contributed by atoms with Crippen molar-refractivity contribution < 1.29 is 5.11 Å². The molecule has 102 valence electrons. The van der Waals surface area contributed by atoms with Crippen molar-refractivity contribution in [2.24, 2.45) is 5.73 Å². The second-order valence-electron chi connectivity index (χ2n) is 6.22. The van der Waals surface area contributed by atoms with Crippen LogP contribution in [0.25, 0.3) is 0 Å². The van der Waals surface area contributed by atoms with Crippen LogP contribution in [0.4, 0.5) is 0 Å². The quantitative estimate of drug-likeness (QED) is 0.828. The molecular formula is C13H24N4O. The zero-order valence-corrected chi connectivity index (χ0v) is 11.7. The lowest BCUT2D eigenvalue weighted by molar-refractivity contribution is 0.163. The Hall–Kier alpha value is -0.940. The Morgan fingerprint density at radius 3 is 2.50 bits per heavy atom. The molecule has 1 fully saturated rings. The fourth-order valence-electron chi connectivity index (χ4n) is 2.54. The summed E-state index contributed by atoms with van der Waals surface area (Å²) < 4.78 is 2.00. The van der Waals surface area contributed by atoms with Gasteiger partial charge < -0.3 is 10.8 Å². The Kier molecular flexibility index (Phi) is 3.47. The fraction of sp³-hybridized carbons (Fsp3) is 0.846. The molecule has 1 saturated carbocycles. The van der Waals surface area contributed by atoms with E-state index in [0.29, 0.717) is 6.42 Å². The van der Waals surface area contributed by atoms with Crippen LogP contribution in [-0.4, -0.2) is 32.0 Å². The van der Waals surface area contributed by atoms with Gasteiger partial charge >= 0.3 is 0 Å². The van der Waals surface area contributed by atoms with E-state index in [2.05, 4.69) is 37.8 Å². The second-order valence-corrected chi connectivity index (χ2v) is 6.22. The number of nitrogens with two attached hydrogens (primary N) is 1. The number of rotatable bonds is 2. The summed E-state index contributed by atoms with van der Waals surface area (Å²) in [5.41, 5.74) is 5.81. The van der Waals surface area contributed by atoms with E-state index in [1.54, 1.807) is 0 Å². The summed E-state index contributed by atoms with van der Waals surface area (Å²) in [4.78, 5) is 4.63. The van der Waals surface area contributed by atoms with E-state index < -0.39 is 6.10 Å². The summed E-state index contributed by atoms with van der Waals surface area (Å²) in [6.07, 6.45) is 1.90. The van der Waals surface area contributed by atoms with Crippen LogP contribution in [0.2, 0.25) is 0 Å². The first kappa shape index (κ1) is 13.5. The van der Waals surface area contributed by atoms with Gasteiger partial charge in [-0.1, -0.05) is 6.92 Å². The molecule has 0 aliphatic heterocycles. The average Bonchev–Trinajstić information content (AvgIpc) is 2.82. The summed E-state index contributed by atoms with van der Waals surface area (Å²) in [7, 11) is 0. The summed E-state index contributed by atoms with van der Waals surface area (Å²) >= 11 is 0. The molecule has 0 amide bonds. The molecule has 3 N–H and O–H groups in total. The fourth-order valence-corrected chi connectivity index (χ4v) is 2.54. The molecule has 1 aliphatic carbocycles. The maximum atomic E-state index is 9.80. The lowest BCUT2D eigenvalue weighted by atomic mass is 10.0. The van der Waals surface area contributed by atoms with E-state index in [1.807, 2.05) is 4.68 Å². The molecule has 3 atom stereocenters. The highest BCUT2D eigenvalue weighted by Gasteiger charge is 2.36. The van der Waals surface area contributed by atoms with Crippen molar-refractivity contribution in [2.45, 2.75) is 70.6 Å². The molecule has 1 heterocycles. The van der Waals surface area contributed by atoms with Crippen LogP contribution in [-0.2, 0) is 12.0 Å². The van der Waals surface area contributed by atoms with Crippen molar-refractivity contribution >= 4 is 0 Å². The van der Waals surface area contributed by atoms with Gasteiger partial charge in [0, 0.05) is 18.4 Å². The molecule has 0 saturated heterocycles. The van der Waals surface area contributed by atoms with Gasteiger partial charge in [-0.15, -0.1) is 0 Å². The van der Waals surface area contributed by atoms with Crippen molar-refractivity contribution in [1.82, 2.24) is 14.8 Å². The van der Waals surface area contributed by atoms with Crippen LogP contribution in [0.15, 0.2) is 0 Å². The highest BCUT2D eigenvalue weighted by molar-refractivity contribution is 5.08. The lowest BCUT2D eigenvalue weighted by Gasteiger charge is -2.23. The number of aryl methyl sites for hydroxylation is 1. The summed E-state index contributed by atoms with van der Waals surface area (Å²) in [5, 5.41) is 14.4. The molecular weight excluding hydrogens is 228 g/mol. The minimum absolute atomic E-state index is 0.0899. The molecule has 0 bridgehead atoms. The molecule has 0 unspecified atom stereocenters. The van der Waals surface area contributed by atoms with E-state index >= 15 is 0 Å². The molecule has 0 spiro atoms. The normalized spacial score (nSPS) is 28.9. The molecule has 1 aromatic heterocycles. The number of hydrogen-bond donors (Lipinski definition) is 2.